The molecule has 206 valence electrons. The zero-order valence-electron chi connectivity index (χ0n) is 24.1. The molecule has 1 saturated carbocycles. The van der Waals surface area contributed by atoms with Crippen molar-refractivity contribution in [3.8, 4) is 22.8 Å². The van der Waals surface area contributed by atoms with Gasteiger partial charge in [-0.25, -0.2) is 9.37 Å². The summed E-state index contributed by atoms with van der Waals surface area (Å²) < 4.78 is 26.7. The van der Waals surface area contributed by atoms with Crippen LogP contribution in [0.25, 0.3) is 11.1 Å². The van der Waals surface area contributed by atoms with Crippen LogP contribution in [-0.4, -0.2) is 36.6 Å². The zero-order chi connectivity index (χ0) is 27.7. The predicted octanol–water partition coefficient (Wildman–Crippen LogP) is 2.30. The average molecular weight is 555 g/mol. The first-order chi connectivity index (χ1) is 18.8. The minimum absolute atomic E-state index is 0. The molecule has 0 saturated heterocycles. The van der Waals surface area contributed by atoms with E-state index >= 15 is 0 Å². The predicted molar refractivity (Wildman–Crippen MR) is 146 cm³/mol. The summed E-state index contributed by atoms with van der Waals surface area (Å²) in [4.78, 5) is 17.9. The van der Waals surface area contributed by atoms with Gasteiger partial charge in [-0.15, -0.1) is 0 Å². The van der Waals surface area contributed by atoms with Crippen LogP contribution < -0.4 is 44.1 Å². The molecule has 1 unspecified atom stereocenters. The summed E-state index contributed by atoms with van der Waals surface area (Å²) in [5.41, 5.74) is 5.46. The topological polar surface area (TPSA) is 74.7 Å². The Morgan fingerprint density at radius 1 is 1.18 bits per heavy atom. The van der Waals surface area contributed by atoms with Crippen molar-refractivity contribution in [1.29, 1.82) is 0 Å². The van der Waals surface area contributed by atoms with Crippen molar-refractivity contribution in [2.24, 2.45) is 11.8 Å². The summed E-state index contributed by atoms with van der Waals surface area (Å²) in [6, 6.07) is 13.9. The second-order valence-electron chi connectivity index (χ2n) is 10.9. The third-order valence-electron chi connectivity index (χ3n) is 8.27. The van der Waals surface area contributed by atoms with E-state index in [9.17, 15) is 14.3 Å². The fourth-order valence-corrected chi connectivity index (χ4v) is 5.75. The molecule has 0 bridgehead atoms. The van der Waals surface area contributed by atoms with E-state index in [-0.39, 0.29) is 41.6 Å². The molecule has 2 heterocycles. The van der Waals surface area contributed by atoms with E-state index in [1.54, 1.807) is 13.0 Å². The van der Waals surface area contributed by atoms with Gasteiger partial charge in [-0.2, -0.15) is 0 Å². The Bertz CT molecular complexity index is 1360. The quantitative estimate of drug-likeness (QED) is 0.358. The van der Waals surface area contributed by atoms with Gasteiger partial charge >= 0.3 is 29.6 Å². The van der Waals surface area contributed by atoms with Crippen molar-refractivity contribution in [3.63, 3.8) is 0 Å². The summed E-state index contributed by atoms with van der Waals surface area (Å²) in [6.07, 6.45) is 4.84. The van der Waals surface area contributed by atoms with E-state index in [1.165, 1.54) is 13.3 Å². The standard InChI is InChI=1S/C32H37FN2O4.Na/c1-5-35(3)18-24-14-22(10-12-25(24)26-16-30(38-4)34-17-27(26)33)28-13-11-20-6-9-23(15-29(20)39-28)31(21-7-8-21)19(2)32(36)37;/h6,9-10,12,14-17,19,21,28,31H,5,7-8,11,13,18H2,1-4H3,(H,36,37);/q;+1/p-1/t19-,28?,31-;/m0./s1. The number of pyridine rings is 1. The maximum atomic E-state index is 14.9. The molecule has 2 aliphatic rings. The molecule has 40 heavy (non-hydrogen) atoms. The number of hydrogen-bond donors (Lipinski definition) is 0. The third-order valence-corrected chi connectivity index (χ3v) is 8.27. The first kappa shape index (κ1) is 30.5. The first-order valence-electron chi connectivity index (χ1n) is 13.8. The van der Waals surface area contributed by atoms with E-state index < -0.39 is 17.7 Å². The molecule has 1 aliphatic heterocycles. The molecule has 2 aromatic carbocycles. The number of rotatable bonds is 10. The van der Waals surface area contributed by atoms with Gasteiger partial charge in [-0.05, 0) is 85.0 Å². The molecule has 5 rings (SSSR count). The van der Waals surface area contributed by atoms with Crippen molar-refractivity contribution < 1.29 is 53.3 Å². The molecule has 1 aromatic heterocycles. The molecule has 3 atom stereocenters. The summed E-state index contributed by atoms with van der Waals surface area (Å²) in [7, 11) is 3.56. The van der Waals surface area contributed by atoms with Crippen LogP contribution in [0.4, 0.5) is 4.39 Å². The Balaban J connectivity index is 0.00000370. The van der Waals surface area contributed by atoms with Crippen molar-refractivity contribution in [1.82, 2.24) is 9.88 Å². The zero-order valence-corrected chi connectivity index (χ0v) is 26.1. The second kappa shape index (κ2) is 13.0. The van der Waals surface area contributed by atoms with Crippen LogP contribution in [0.3, 0.4) is 0 Å². The van der Waals surface area contributed by atoms with Crippen LogP contribution in [0.15, 0.2) is 48.7 Å². The molecule has 8 heteroatoms. The molecular formula is C32H36FN2NaO4. The summed E-state index contributed by atoms with van der Waals surface area (Å²) in [6.45, 7) is 5.35. The van der Waals surface area contributed by atoms with Gasteiger partial charge in [0.05, 0.1) is 13.3 Å². The van der Waals surface area contributed by atoms with Gasteiger partial charge in [0.25, 0.3) is 0 Å². The number of carbonyl (C=O) groups is 1. The third kappa shape index (κ3) is 6.54. The Morgan fingerprint density at radius 2 is 1.95 bits per heavy atom. The maximum absolute atomic E-state index is 14.9. The molecule has 3 aromatic rings. The second-order valence-corrected chi connectivity index (χ2v) is 10.9. The van der Waals surface area contributed by atoms with E-state index in [4.69, 9.17) is 9.47 Å². The normalized spacial score (nSPS) is 17.8. The Kier molecular flexibility index (Phi) is 9.93. The Morgan fingerprint density at radius 3 is 2.62 bits per heavy atom. The number of halogens is 1. The van der Waals surface area contributed by atoms with E-state index in [1.807, 2.05) is 25.2 Å². The largest absolute Gasteiger partial charge is 1.00 e. The molecule has 0 radical (unpaired) electrons. The summed E-state index contributed by atoms with van der Waals surface area (Å²) >= 11 is 0. The number of hydrogen-bond acceptors (Lipinski definition) is 6. The van der Waals surface area contributed by atoms with Crippen molar-refractivity contribution in [2.75, 3.05) is 20.7 Å². The van der Waals surface area contributed by atoms with Gasteiger partial charge in [-0.3, -0.25) is 0 Å². The molecule has 0 spiro atoms. The number of fused-ring (bicyclic) bond motifs is 1. The molecular weight excluding hydrogens is 518 g/mol. The minimum atomic E-state index is -1.00. The summed E-state index contributed by atoms with van der Waals surface area (Å²) in [5, 5.41) is 11.7. The molecule has 1 aliphatic carbocycles. The van der Waals surface area contributed by atoms with E-state index in [0.29, 0.717) is 23.9 Å². The van der Waals surface area contributed by atoms with Crippen molar-refractivity contribution in [2.45, 2.75) is 58.1 Å². The van der Waals surface area contributed by atoms with Gasteiger partial charge in [0.15, 0.2) is 0 Å². The number of aliphatic carboxylic acids is 1. The Labute approximate surface area is 258 Å². The number of methoxy groups -OCH3 is 1. The van der Waals surface area contributed by atoms with Gasteiger partial charge in [-0.1, -0.05) is 44.2 Å². The average Bonchev–Trinajstić information content (AvgIpc) is 3.78. The SMILES string of the molecule is CCN(C)Cc1cc(C2CCc3ccc([C@H](C4CC4)[C@H](C)C(=O)[O-])cc3O2)ccc1-c1cc(OC)ncc1F.[Na+]. The maximum Gasteiger partial charge on any atom is 1.00 e. The van der Waals surface area contributed by atoms with E-state index in [0.717, 1.165) is 65.8 Å². The molecule has 0 amide bonds. The number of nitrogens with zero attached hydrogens (tertiary/aromatic N) is 2. The molecule has 1 fully saturated rings. The first-order valence-corrected chi connectivity index (χ1v) is 13.8. The van der Waals surface area contributed by atoms with Crippen molar-refractivity contribution >= 4 is 5.97 Å². The van der Waals surface area contributed by atoms with Crippen LogP contribution >= 0.6 is 0 Å². The summed E-state index contributed by atoms with van der Waals surface area (Å²) in [5.74, 6) is -0.438. The number of carboxylic acid groups (broad SMARTS) is 1. The fraction of sp³-hybridized carbons (Fsp3) is 0.438. The number of ether oxygens (including phenoxy) is 2. The van der Waals surface area contributed by atoms with Gasteiger partial charge in [0.2, 0.25) is 5.88 Å². The van der Waals surface area contributed by atoms with Gasteiger partial charge in [0, 0.05) is 30.1 Å². The molecule has 6 nitrogen and oxygen atoms in total. The van der Waals surface area contributed by atoms with Gasteiger partial charge < -0.3 is 24.3 Å². The molecule has 0 N–H and O–H groups in total. The van der Waals surface area contributed by atoms with Crippen LogP contribution in [0.1, 0.15) is 67.4 Å². The number of aromatic nitrogens is 1. The van der Waals surface area contributed by atoms with Crippen molar-refractivity contribution in [3.05, 3.63) is 76.7 Å². The number of aryl methyl sites for hydroxylation is 1. The van der Waals surface area contributed by atoms with Crippen LogP contribution in [0, 0.1) is 17.7 Å². The number of carboxylic acids is 1. The number of carbonyl (C=O) groups excluding carboxylic acids is 1. The Hall–Kier alpha value is -2.45. The number of benzene rings is 2. The van der Waals surface area contributed by atoms with E-state index in [2.05, 4.69) is 35.0 Å². The van der Waals surface area contributed by atoms with Crippen LogP contribution in [-0.2, 0) is 17.8 Å². The van der Waals surface area contributed by atoms with Gasteiger partial charge in [0.1, 0.15) is 17.7 Å². The fourth-order valence-electron chi connectivity index (χ4n) is 5.75. The smallest absolute Gasteiger partial charge is 0.550 e. The van der Waals surface area contributed by atoms with Crippen LogP contribution in [0.2, 0.25) is 0 Å². The monoisotopic (exact) mass is 554 g/mol. The minimum Gasteiger partial charge on any atom is -0.550 e. The van der Waals surface area contributed by atoms with Crippen LogP contribution in [0.5, 0.6) is 11.6 Å².